The monoisotopic (exact) mass is 783 g/mol. The zero-order valence-corrected chi connectivity index (χ0v) is 36.6. The molecule has 6 aromatic rings. The second-order valence-corrected chi connectivity index (χ2v) is 17.0. The highest BCUT2D eigenvalue weighted by molar-refractivity contribution is 6.11. The van der Waals surface area contributed by atoms with Gasteiger partial charge in [-0.25, -0.2) is 0 Å². The van der Waals surface area contributed by atoms with Crippen LogP contribution in [-0.4, -0.2) is 10.2 Å². The molecule has 0 radical (unpaired) electrons. The Kier molecular flexibility index (Phi) is 10.8. The third kappa shape index (κ3) is 6.88. The number of hydrogen-bond donors (Lipinski definition) is 0. The van der Waals surface area contributed by atoms with E-state index >= 15 is 0 Å². The summed E-state index contributed by atoms with van der Waals surface area (Å²) in [6.45, 7) is 26.0. The van der Waals surface area contributed by atoms with E-state index in [0.717, 1.165) is 23.4 Å². The van der Waals surface area contributed by atoms with Gasteiger partial charge in [-0.15, -0.1) is 0 Å². The van der Waals surface area contributed by atoms with Crippen LogP contribution in [0.4, 0.5) is 0 Å². The number of allylic oxidation sites excluding steroid dienone is 14. The van der Waals surface area contributed by atoms with Gasteiger partial charge in [0.1, 0.15) is 5.75 Å². The molecule has 0 saturated heterocycles. The molecule has 2 heteroatoms. The summed E-state index contributed by atoms with van der Waals surface area (Å²) in [4.78, 5) is 0. The van der Waals surface area contributed by atoms with Gasteiger partial charge in [-0.05, 0) is 136 Å². The van der Waals surface area contributed by atoms with Gasteiger partial charge in [-0.1, -0.05) is 163 Å². The lowest BCUT2D eigenvalue weighted by Crippen LogP contribution is -2.38. The van der Waals surface area contributed by atoms with E-state index in [-0.39, 0.29) is 11.3 Å². The molecule has 5 aromatic carbocycles. The fraction of sp³-hybridized carbons (Fsp3) is 0.207. The summed E-state index contributed by atoms with van der Waals surface area (Å²) >= 11 is 0. The van der Waals surface area contributed by atoms with Crippen molar-refractivity contribution in [3.63, 3.8) is 0 Å². The SMILES string of the molecule is C=C/C=C\C(/C=C\C(C)c1ccc2c(c1)c1cc(-c3ccc4ccccc4c3)ccc1n2/C(C)=C/C=C1\C(=C)C(C)(C)C2=C1C=C[C@@]21Cc2ccccc2O1)=C(C)C.CC. The van der Waals surface area contributed by atoms with E-state index < -0.39 is 5.60 Å². The van der Waals surface area contributed by atoms with Crippen LogP contribution in [0.1, 0.15) is 72.4 Å². The van der Waals surface area contributed by atoms with Gasteiger partial charge in [0.2, 0.25) is 0 Å². The number of hydrogen-bond acceptors (Lipinski definition) is 1. The second-order valence-electron chi connectivity index (χ2n) is 17.0. The summed E-state index contributed by atoms with van der Waals surface area (Å²) < 4.78 is 9.21. The van der Waals surface area contributed by atoms with E-state index in [9.17, 15) is 0 Å². The van der Waals surface area contributed by atoms with Crippen LogP contribution in [0.5, 0.6) is 5.75 Å². The summed E-state index contributed by atoms with van der Waals surface area (Å²) in [6, 6.07) is 37.8. The van der Waals surface area contributed by atoms with Crippen LogP contribution in [0.15, 0.2) is 204 Å². The minimum absolute atomic E-state index is 0.220. The third-order valence-corrected chi connectivity index (χ3v) is 12.7. The molecule has 0 amide bonds. The summed E-state index contributed by atoms with van der Waals surface area (Å²) in [7, 11) is 0. The van der Waals surface area contributed by atoms with Crippen molar-refractivity contribution in [2.45, 2.75) is 73.3 Å². The Morgan fingerprint density at radius 1 is 0.800 bits per heavy atom. The molecule has 1 unspecified atom stereocenters. The molecule has 9 rings (SSSR count). The van der Waals surface area contributed by atoms with Crippen molar-refractivity contribution in [3.05, 3.63) is 216 Å². The van der Waals surface area contributed by atoms with Crippen molar-refractivity contribution < 1.29 is 4.74 Å². The highest BCUT2D eigenvalue weighted by Gasteiger charge is 2.54. The molecule has 300 valence electrons. The number of benzene rings is 5. The number of ether oxygens (including phenoxy) is 1. The van der Waals surface area contributed by atoms with Crippen LogP contribution in [-0.2, 0) is 6.42 Å². The molecule has 3 aliphatic rings. The molecular weight excluding hydrogens is 727 g/mol. The topological polar surface area (TPSA) is 14.2 Å². The van der Waals surface area contributed by atoms with Crippen LogP contribution < -0.4 is 4.74 Å². The Hall–Kier alpha value is -6.38. The van der Waals surface area contributed by atoms with E-state index in [2.05, 4.69) is 198 Å². The average Bonchev–Trinajstić information content (AvgIpc) is 3.98. The lowest BCUT2D eigenvalue weighted by molar-refractivity contribution is 0.171. The first kappa shape index (κ1) is 40.4. The van der Waals surface area contributed by atoms with Crippen molar-refractivity contribution in [2.75, 3.05) is 0 Å². The van der Waals surface area contributed by atoms with Gasteiger partial charge in [0.05, 0.1) is 11.0 Å². The predicted octanol–water partition coefficient (Wildman–Crippen LogP) is 16.0. The number of para-hydroxylation sites is 1. The normalized spacial score (nSPS) is 19.2. The maximum absolute atomic E-state index is 6.78. The molecule has 1 aliphatic heterocycles. The van der Waals surface area contributed by atoms with Gasteiger partial charge in [0, 0.05) is 28.3 Å². The van der Waals surface area contributed by atoms with E-state index in [1.807, 2.05) is 26.0 Å². The molecule has 2 aliphatic carbocycles. The second kappa shape index (κ2) is 16.0. The van der Waals surface area contributed by atoms with Gasteiger partial charge in [0.15, 0.2) is 5.60 Å². The minimum Gasteiger partial charge on any atom is -0.478 e. The highest BCUT2D eigenvalue weighted by Crippen LogP contribution is 2.60. The van der Waals surface area contributed by atoms with Crippen molar-refractivity contribution in [2.24, 2.45) is 5.41 Å². The standard InChI is InChI=1S/C56H51NO.C2H6/c1-9-10-15-40(36(2)3)22-20-37(4)42-25-28-51-49(33-42)50-34-45(44-24-23-41-16-11-12-17-43(41)32-44)26-29-52(50)57(51)38(5)21-27-47-39(6)55(7,8)54-48(47)30-31-56(54)35-46-18-13-14-19-53(46)58-56;1-2/h9-34,37H,1,6,35H2,2-5,7-8H3;1-2H3/b15-10-,22-20-,38-21+,47-27+;/t37?,56-;/m1./s1. The Morgan fingerprint density at radius 3 is 2.23 bits per heavy atom. The summed E-state index contributed by atoms with van der Waals surface area (Å²) in [5.41, 5.74) is 15.2. The minimum atomic E-state index is -0.463. The van der Waals surface area contributed by atoms with Crippen LogP contribution in [0.25, 0.3) is 49.4 Å². The quantitative estimate of drug-likeness (QED) is 0.140. The van der Waals surface area contributed by atoms with Crippen LogP contribution >= 0.6 is 0 Å². The summed E-state index contributed by atoms with van der Waals surface area (Å²) in [5, 5.41) is 4.99. The molecule has 0 fully saturated rings. The zero-order chi connectivity index (χ0) is 42.3. The number of fused-ring (bicyclic) bond motifs is 6. The summed E-state index contributed by atoms with van der Waals surface area (Å²) in [6.07, 6.45) is 20.5. The largest absolute Gasteiger partial charge is 0.478 e. The van der Waals surface area contributed by atoms with Gasteiger partial charge < -0.3 is 9.30 Å². The van der Waals surface area contributed by atoms with E-state index in [1.54, 1.807) is 0 Å². The lowest BCUT2D eigenvalue weighted by Gasteiger charge is -2.34. The molecule has 1 aromatic heterocycles. The molecule has 2 heterocycles. The summed E-state index contributed by atoms with van der Waals surface area (Å²) in [5.74, 6) is 1.20. The van der Waals surface area contributed by atoms with Gasteiger partial charge in [0.25, 0.3) is 0 Å². The van der Waals surface area contributed by atoms with E-state index in [4.69, 9.17) is 11.3 Å². The molecule has 60 heavy (non-hydrogen) atoms. The Morgan fingerprint density at radius 2 is 1.48 bits per heavy atom. The zero-order valence-electron chi connectivity index (χ0n) is 36.6. The fourth-order valence-corrected chi connectivity index (χ4v) is 9.49. The maximum atomic E-state index is 6.78. The first-order chi connectivity index (χ1) is 29.0. The lowest BCUT2D eigenvalue weighted by atomic mass is 9.73. The number of aromatic nitrogens is 1. The fourth-order valence-electron chi connectivity index (χ4n) is 9.49. The molecule has 0 N–H and O–H groups in total. The number of nitrogens with zero attached hydrogens (tertiary/aromatic N) is 1. The van der Waals surface area contributed by atoms with Crippen molar-refractivity contribution in [3.8, 4) is 16.9 Å². The van der Waals surface area contributed by atoms with Crippen LogP contribution in [0.2, 0.25) is 0 Å². The van der Waals surface area contributed by atoms with Crippen molar-refractivity contribution in [1.82, 2.24) is 4.57 Å². The van der Waals surface area contributed by atoms with Crippen LogP contribution in [0, 0.1) is 5.41 Å². The van der Waals surface area contributed by atoms with Crippen LogP contribution in [0.3, 0.4) is 0 Å². The first-order valence-corrected chi connectivity index (χ1v) is 21.5. The maximum Gasteiger partial charge on any atom is 0.154 e. The average molecular weight is 784 g/mol. The van der Waals surface area contributed by atoms with Crippen molar-refractivity contribution >= 4 is 38.3 Å². The highest BCUT2D eigenvalue weighted by atomic mass is 16.5. The van der Waals surface area contributed by atoms with Crippen molar-refractivity contribution in [1.29, 1.82) is 0 Å². The predicted molar refractivity (Wildman–Crippen MR) is 260 cm³/mol. The smallest absolute Gasteiger partial charge is 0.154 e. The van der Waals surface area contributed by atoms with E-state index in [1.165, 1.54) is 82.7 Å². The van der Waals surface area contributed by atoms with Gasteiger partial charge >= 0.3 is 0 Å². The number of rotatable bonds is 8. The van der Waals surface area contributed by atoms with E-state index in [0.29, 0.717) is 0 Å². The van der Waals surface area contributed by atoms with Gasteiger partial charge in [-0.2, -0.15) is 0 Å². The molecule has 2 atom stereocenters. The first-order valence-electron chi connectivity index (χ1n) is 21.5. The molecule has 1 spiro atoms. The Bertz CT molecular complexity index is 2910. The molecule has 0 saturated carbocycles. The van der Waals surface area contributed by atoms with Gasteiger partial charge in [-0.3, -0.25) is 0 Å². The Labute approximate surface area is 357 Å². The molecular formula is C58H57NO. The molecule has 2 nitrogen and oxygen atoms in total. The Balaban J connectivity index is 0.00000246. The molecule has 0 bridgehead atoms. The third-order valence-electron chi connectivity index (χ3n) is 12.7.